The van der Waals surface area contributed by atoms with E-state index >= 15 is 0 Å². The first-order valence-corrected chi connectivity index (χ1v) is 8.36. The summed E-state index contributed by atoms with van der Waals surface area (Å²) in [5.74, 6) is -2.42. The molecule has 23 heavy (non-hydrogen) atoms. The van der Waals surface area contributed by atoms with Crippen LogP contribution >= 0.6 is 15.9 Å². The smallest absolute Gasteiger partial charge is 0.323 e. The van der Waals surface area contributed by atoms with Gasteiger partial charge in [0.25, 0.3) is 0 Å². The summed E-state index contributed by atoms with van der Waals surface area (Å²) in [6, 6.07) is 7.34. The third kappa shape index (κ3) is 3.24. The normalized spacial score (nSPS) is 20.7. The number of para-hydroxylation sites is 1. The molecule has 1 aromatic rings. The van der Waals surface area contributed by atoms with Crippen LogP contribution in [0, 0.1) is 5.92 Å². The summed E-state index contributed by atoms with van der Waals surface area (Å²) < 4.78 is 0.797. The lowest BCUT2D eigenvalue weighted by Gasteiger charge is -2.23. The first-order chi connectivity index (χ1) is 11.0. The summed E-state index contributed by atoms with van der Waals surface area (Å²) in [6.45, 7) is 0.131. The van der Waals surface area contributed by atoms with Gasteiger partial charge in [-0.15, -0.1) is 0 Å². The number of carboxylic acid groups (broad SMARTS) is 1. The fourth-order valence-corrected chi connectivity index (χ4v) is 3.44. The maximum Gasteiger partial charge on any atom is 0.323 e. The molecule has 1 N–H and O–H groups in total. The molecule has 1 atom stereocenters. The van der Waals surface area contributed by atoms with Gasteiger partial charge in [-0.05, 0) is 47.3 Å². The van der Waals surface area contributed by atoms with Crippen LogP contribution < -0.4 is 4.90 Å². The second-order valence-electron chi connectivity index (χ2n) is 5.87. The van der Waals surface area contributed by atoms with Crippen LogP contribution in [0.4, 0.5) is 5.69 Å². The topological polar surface area (TPSA) is 77.9 Å². The summed E-state index contributed by atoms with van der Waals surface area (Å²) in [6.07, 6.45) is 2.05. The predicted octanol–water partition coefficient (Wildman–Crippen LogP) is 1.88. The van der Waals surface area contributed by atoms with E-state index in [4.69, 9.17) is 5.11 Å². The first-order valence-electron chi connectivity index (χ1n) is 7.57. The van der Waals surface area contributed by atoms with Gasteiger partial charge in [0, 0.05) is 17.1 Å². The molecule has 1 saturated heterocycles. The van der Waals surface area contributed by atoms with E-state index in [-0.39, 0.29) is 24.4 Å². The van der Waals surface area contributed by atoms with E-state index < -0.39 is 11.9 Å². The molecule has 0 bridgehead atoms. The molecule has 1 saturated carbocycles. The van der Waals surface area contributed by atoms with Crippen molar-refractivity contribution in [3.8, 4) is 0 Å². The van der Waals surface area contributed by atoms with E-state index in [1.165, 1.54) is 4.90 Å². The highest BCUT2D eigenvalue weighted by Crippen LogP contribution is 2.34. The number of aliphatic carboxylic acids is 1. The van der Waals surface area contributed by atoms with Crippen LogP contribution in [0.15, 0.2) is 28.7 Å². The van der Waals surface area contributed by atoms with Gasteiger partial charge in [0.1, 0.15) is 12.5 Å². The van der Waals surface area contributed by atoms with Crippen LogP contribution in [0.3, 0.4) is 0 Å². The van der Waals surface area contributed by atoms with Crippen LogP contribution in [0.5, 0.6) is 0 Å². The molecular weight excluding hydrogens is 364 g/mol. The van der Waals surface area contributed by atoms with Crippen molar-refractivity contribution in [1.29, 1.82) is 0 Å². The van der Waals surface area contributed by atoms with Crippen molar-refractivity contribution in [2.24, 2.45) is 5.92 Å². The zero-order valence-electron chi connectivity index (χ0n) is 12.4. The number of hydrogen-bond acceptors (Lipinski definition) is 3. The van der Waals surface area contributed by atoms with Gasteiger partial charge in [-0.2, -0.15) is 0 Å². The van der Waals surface area contributed by atoms with Crippen molar-refractivity contribution in [1.82, 2.24) is 4.90 Å². The first kappa shape index (κ1) is 16.0. The second kappa shape index (κ2) is 6.31. The second-order valence-corrected chi connectivity index (χ2v) is 6.73. The van der Waals surface area contributed by atoms with Crippen LogP contribution in [0.2, 0.25) is 0 Å². The Morgan fingerprint density at radius 1 is 1.26 bits per heavy atom. The highest BCUT2D eigenvalue weighted by atomic mass is 79.9. The van der Waals surface area contributed by atoms with Crippen molar-refractivity contribution in [3.05, 3.63) is 28.7 Å². The largest absolute Gasteiger partial charge is 0.480 e. The number of amides is 2. The number of anilines is 1. The molecular formula is C16H17BrN2O4. The Bertz CT molecular complexity index is 659. The van der Waals surface area contributed by atoms with Crippen molar-refractivity contribution in [2.75, 3.05) is 18.0 Å². The van der Waals surface area contributed by atoms with Crippen molar-refractivity contribution < 1.29 is 19.5 Å². The van der Waals surface area contributed by atoms with Gasteiger partial charge in [0.2, 0.25) is 11.8 Å². The molecule has 0 aromatic heterocycles. The Balaban J connectivity index is 1.77. The van der Waals surface area contributed by atoms with Gasteiger partial charge in [-0.3, -0.25) is 14.4 Å². The molecule has 7 heteroatoms. The summed E-state index contributed by atoms with van der Waals surface area (Å²) >= 11 is 3.42. The lowest BCUT2D eigenvalue weighted by molar-refractivity contribution is -0.148. The maximum absolute atomic E-state index is 12.6. The molecule has 1 aliphatic heterocycles. The van der Waals surface area contributed by atoms with Gasteiger partial charge in [0.15, 0.2) is 0 Å². The van der Waals surface area contributed by atoms with Gasteiger partial charge in [0.05, 0.1) is 5.69 Å². The number of hydrogen-bond donors (Lipinski definition) is 1. The molecule has 0 spiro atoms. The lowest BCUT2D eigenvalue weighted by atomic mass is 10.1. The van der Waals surface area contributed by atoms with Crippen molar-refractivity contribution in [3.63, 3.8) is 0 Å². The molecule has 1 aliphatic carbocycles. The Hall–Kier alpha value is -1.89. The molecule has 0 radical (unpaired) electrons. The van der Waals surface area contributed by atoms with E-state index in [2.05, 4.69) is 15.9 Å². The van der Waals surface area contributed by atoms with Crippen LogP contribution in [0.1, 0.15) is 19.3 Å². The Morgan fingerprint density at radius 3 is 2.57 bits per heavy atom. The zero-order chi connectivity index (χ0) is 16.6. The van der Waals surface area contributed by atoms with E-state index in [0.29, 0.717) is 13.0 Å². The van der Waals surface area contributed by atoms with Gasteiger partial charge in [-0.1, -0.05) is 12.1 Å². The SMILES string of the molecule is O=C(O)CN(C(=O)[C@@H]1CCN(c2ccccc2Br)C1=O)C1CC1. The van der Waals surface area contributed by atoms with Gasteiger partial charge < -0.3 is 14.9 Å². The Kier molecular flexibility index (Phi) is 4.39. The molecule has 2 amide bonds. The lowest BCUT2D eigenvalue weighted by Crippen LogP contribution is -2.43. The molecule has 2 fully saturated rings. The van der Waals surface area contributed by atoms with Gasteiger partial charge in [-0.25, -0.2) is 0 Å². The highest BCUT2D eigenvalue weighted by Gasteiger charge is 2.44. The molecule has 0 unspecified atom stereocenters. The maximum atomic E-state index is 12.6. The Labute approximate surface area is 142 Å². The fourth-order valence-electron chi connectivity index (χ4n) is 2.94. The van der Waals surface area contributed by atoms with Crippen LogP contribution in [-0.4, -0.2) is 46.9 Å². The number of rotatable bonds is 5. The number of halogens is 1. The minimum Gasteiger partial charge on any atom is -0.480 e. The van der Waals surface area contributed by atoms with E-state index in [0.717, 1.165) is 23.0 Å². The van der Waals surface area contributed by atoms with Crippen LogP contribution in [0.25, 0.3) is 0 Å². The highest BCUT2D eigenvalue weighted by molar-refractivity contribution is 9.10. The van der Waals surface area contributed by atoms with Crippen LogP contribution in [-0.2, 0) is 14.4 Å². The average Bonchev–Trinajstić information content (AvgIpc) is 3.28. The molecule has 1 aromatic carbocycles. The molecule has 1 heterocycles. The molecule has 6 nitrogen and oxygen atoms in total. The standard InChI is InChI=1S/C16H17BrN2O4/c17-12-3-1-2-4-13(12)18-8-7-11(15(18)22)16(23)19(9-14(20)21)10-5-6-10/h1-4,10-11H,5-9H2,(H,20,21)/t11-/m1/s1. The number of carboxylic acids is 1. The Morgan fingerprint density at radius 2 is 1.96 bits per heavy atom. The number of benzene rings is 1. The van der Waals surface area contributed by atoms with Crippen molar-refractivity contribution >= 4 is 39.4 Å². The minimum atomic E-state index is -1.04. The van der Waals surface area contributed by atoms with E-state index in [9.17, 15) is 14.4 Å². The molecule has 122 valence electrons. The summed E-state index contributed by atoms with van der Waals surface area (Å²) in [5.41, 5.74) is 0.740. The van der Waals surface area contributed by atoms with E-state index in [1.54, 1.807) is 4.90 Å². The number of nitrogens with zero attached hydrogens (tertiary/aromatic N) is 2. The van der Waals surface area contributed by atoms with Gasteiger partial charge >= 0.3 is 5.97 Å². The van der Waals surface area contributed by atoms with Crippen molar-refractivity contribution in [2.45, 2.75) is 25.3 Å². The molecule has 2 aliphatic rings. The third-order valence-corrected chi connectivity index (χ3v) is 4.89. The summed E-state index contributed by atoms with van der Waals surface area (Å²) in [4.78, 5) is 39.2. The average molecular weight is 381 g/mol. The summed E-state index contributed by atoms with van der Waals surface area (Å²) in [5, 5.41) is 8.99. The monoisotopic (exact) mass is 380 g/mol. The minimum absolute atomic E-state index is 0.0242. The fraction of sp³-hybridized carbons (Fsp3) is 0.438. The predicted molar refractivity (Wildman–Crippen MR) is 87.0 cm³/mol. The third-order valence-electron chi connectivity index (χ3n) is 4.22. The summed E-state index contributed by atoms with van der Waals surface area (Å²) in [7, 11) is 0. The zero-order valence-corrected chi connectivity index (χ0v) is 14.0. The number of carbonyl (C=O) groups excluding carboxylic acids is 2. The number of carbonyl (C=O) groups is 3. The molecule has 3 rings (SSSR count). The van der Waals surface area contributed by atoms with E-state index in [1.807, 2.05) is 24.3 Å². The quantitative estimate of drug-likeness (QED) is 0.791.